The fourth-order valence-electron chi connectivity index (χ4n) is 1.47. The summed E-state index contributed by atoms with van der Waals surface area (Å²) in [5.41, 5.74) is 6.60. The molecule has 0 saturated carbocycles. The molecular formula is C13H20N2O3. The number of nitrogens with one attached hydrogen (secondary N) is 1. The van der Waals surface area contributed by atoms with Crippen LogP contribution in [0.25, 0.3) is 0 Å². The number of ether oxygens (including phenoxy) is 2. The van der Waals surface area contributed by atoms with Gasteiger partial charge in [0.1, 0.15) is 5.75 Å². The number of methoxy groups -OCH3 is 1. The van der Waals surface area contributed by atoms with E-state index in [9.17, 15) is 4.79 Å². The second-order valence-corrected chi connectivity index (χ2v) is 4.10. The first-order valence-electron chi connectivity index (χ1n) is 5.88. The van der Waals surface area contributed by atoms with Crippen LogP contribution in [0.15, 0.2) is 18.2 Å². The Morgan fingerprint density at radius 1 is 1.44 bits per heavy atom. The second kappa shape index (κ2) is 6.86. The van der Waals surface area contributed by atoms with Gasteiger partial charge in [0.2, 0.25) is 0 Å². The van der Waals surface area contributed by atoms with Crippen molar-refractivity contribution >= 4 is 11.6 Å². The summed E-state index contributed by atoms with van der Waals surface area (Å²) >= 11 is 0. The maximum atomic E-state index is 11.9. The fourth-order valence-corrected chi connectivity index (χ4v) is 1.47. The van der Waals surface area contributed by atoms with E-state index < -0.39 is 0 Å². The van der Waals surface area contributed by atoms with Gasteiger partial charge < -0.3 is 20.5 Å². The van der Waals surface area contributed by atoms with Crippen LogP contribution in [0, 0.1) is 0 Å². The number of hydrogen-bond donors (Lipinski definition) is 2. The molecule has 0 radical (unpaired) electrons. The number of nitrogen functional groups attached to an aromatic ring is 1. The zero-order valence-corrected chi connectivity index (χ0v) is 11.0. The molecule has 0 heterocycles. The third-order valence-electron chi connectivity index (χ3n) is 2.37. The number of nitrogens with two attached hydrogens (primary N) is 1. The number of anilines is 1. The van der Waals surface area contributed by atoms with Gasteiger partial charge in [-0.2, -0.15) is 0 Å². The Morgan fingerprint density at radius 2 is 2.17 bits per heavy atom. The van der Waals surface area contributed by atoms with Crippen molar-refractivity contribution < 1.29 is 14.3 Å². The molecule has 0 fully saturated rings. The number of para-hydroxylation sites is 1. The SMILES string of the molecule is COc1cccc(C(=O)NCCOC(C)C)c1N. The molecule has 1 rings (SSSR count). The smallest absolute Gasteiger partial charge is 0.253 e. The van der Waals surface area contributed by atoms with E-state index in [1.165, 1.54) is 7.11 Å². The monoisotopic (exact) mass is 252 g/mol. The first kappa shape index (κ1) is 14.3. The van der Waals surface area contributed by atoms with Crippen LogP contribution in [0.4, 0.5) is 5.69 Å². The zero-order chi connectivity index (χ0) is 13.5. The van der Waals surface area contributed by atoms with E-state index in [0.29, 0.717) is 30.2 Å². The minimum atomic E-state index is -0.223. The van der Waals surface area contributed by atoms with Crippen LogP contribution in [0.5, 0.6) is 5.75 Å². The third kappa shape index (κ3) is 3.92. The lowest BCUT2D eigenvalue weighted by Gasteiger charge is -2.11. The van der Waals surface area contributed by atoms with E-state index in [4.69, 9.17) is 15.2 Å². The molecule has 0 aromatic heterocycles. The van der Waals surface area contributed by atoms with E-state index in [0.717, 1.165) is 0 Å². The molecule has 1 aromatic carbocycles. The lowest BCUT2D eigenvalue weighted by Crippen LogP contribution is -2.28. The van der Waals surface area contributed by atoms with Crippen molar-refractivity contribution in [1.82, 2.24) is 5.32 Å². The number of amides is 1. The average Bonchev–Trinajstić information content (AvgIpc) is 2.34. The lowest BCUT2D eigenvalue weighted by atomic mass is 10.1. The molecule has 100 valence electrons. The highest BCUT2D eigenvalue weighted by molar-refractivity contribution is 6.00. The summed E-state index contributed by atoms with van der Waals surface area (Å²) in [6.07, 6.45) is 0.156. The highest BCUT2D eigenvalue weighted by atomic mass is 16.5. The molecule has 0 aliphatic heterocycles. The van der Waals surface area contributed by atoms with E-state index >= 15 is 0 Å². The molecule has 5 heteroatoms. The molecule has 0 aliphatic carbocycles. The molecule has 5 nitrogen and oxygen atoms in total. The van der Waals surface area contributed by atoms with Crippen LogP contribution in [-0.4, -0.2) is 32.3 Å². The minimum Gasteiger partial charge on any atom is -0.495 e. The summed E-state index contributed by atoms with van der Waals surface area (Å²) in [6.45, 7) is 4.82. The van der Waals surface area contributed by atoms with Gasteiger partial charge in [-0.1, -0.05) is 6.07 Å². The largest absolute Gasteiger partial charge is 0.495 e. The van der Waals surface area contributed by atoms with Crippen molar-refractivity contribution in [3.8, 4) is 5.75 Å². The Hall–Kier alpha value is -1.75. The van der Waals surface area contributed by atoms with E-state index in [1.54, 1.807) is 18.2 Å². The van der Waals surface area contributed by atoms with Crippen LogP contribution in [0.2, 0.25) is 0 Å². The van der Waals surface area contributed by atoms with Gasteiger partial charge in [0.25, 0.3) is 5.91 Å². The van der Waals surface area contributed by atoms with Crippen LogP contribution < -0.4 is 15.8 Å². The Kier molecular flexibility index (Phi) is 5.45. The predicted molar refractivity (Wildman–Crippen MR) is 70.8 cm³/mol. The summed E-state index contributed by atoms with van der Waals surface area (Å²) in [5.74, 6) is 0.278. The molecule has 0 bridgehead atoms. The molecule has 3 N–H and O–H groups in total. The molecule has 0 atom stereocenters. The molecule has 0 aliphatic rings. The van der Waals surface area contributed by atoms with E-state index in [-0.39, 0.29) is 12.0 Å². The van der Waals surface area contributed by atoms with Crippen molar-refractivity contribution in [3.05, 3.63) is 23.8 Å². The first-order chi connectivity index (χ1) is 8.56. The van der Waals surface area contributed by atoms with Crippen molar-refractivity contribution in [2.24, 2.45) is 0 Å². The molecule has 0 spiro atoms. The first-order valence-corrected chi connectivity index (χ1v) is 5.88. The number of benzene rings is 1. The number of carbonyl (C=O) groups is 1. The fraction of sp³-hybridized carbons (Fsp3) is 0.462. The quantitative estimate of drug-likeness (QED) is 0.593. The van der Waals surface area contributed by atoms with Gasteiger partial charge in [0.15, 0.2) is 0 Å². The van der Waals surface area contributed by atoms with Gasteiger partial charge in [-0.25, -0.2) is 0 Å². The van der Waals surface area contributed by atoms with Crippen molar-refractivity contribution in [2.75, 3.05) is 26.0 Å². The Morgan fingerprint density at radius 3 is 2.78 bits per heavy atom. The summed E-state index contributed by atoms with van der Waals surface area (Å²) < 4.78 is 10.4. The second-order valence-electron chi connectivity index (χ2n) is 4.10. The number of hydrogen-bond acceptors (Lipinski definition) is 4. The summed E-state index contributed by atoms with van der Waals surface area (Å²) in [4.78, 5) is 11.9. The number of rotatable bonds is 6. The summed E-state index contributed by atoms with van der Waals surface area (Å²) in [6, 6.07) is 5.11. The minimum absolute atomic E-state index is 0.156. The highest BCUT2D eigenvalue weighted by Gasteiger charge is 2.12. The maximum absolute atomic E-state index is 11.9. The van der Waals surface area contributed by atoms with E-state index in [1.807, 2.05) is 13.8 Å². The van der Waals surface area contributed by atoms with Gasteiger partial charge in [-0.05, 0) is 26.0 Å². The predicted octanol–water partition coefficient (Wildman–Crippen LogP) is 1.43. The van der Waals surface area contributed by atoms with Crippen molar-refractivity contribution in [3.63, 3.8) is 0 Å². The van der Waals surface area contributed by atoms with Gasteiger partial charge in [0.05, 0.1) is 31.1 Å². The topological polar surface area (TPSA) is 73.6 Å². The normalized spacial score (nSPS) is 10.4. The molecule has 18 heavy (non-hydrogen) atoms. The Labute approximate surface area is 107 Å². The van der Waals surface area contributed by atoms with Crippen LogP contribution in [-0.2, 0) is 4.74 Å². The van der Waals surface area contributed by atoms with Gasteiger partial charge >= 0.3 is 0 Å². The highest BCUT2D eigenvalue weighted by Crippen LogP contribution is 2.24. The molecule has 1 amide bonds. The molecule has 0 saturated heterocycles. The van der Waals surface area contributed by atoms with E-state index in [2.05, 4.69) is 5.32 Å². The van der Waals surface area contributed by atoms with Crippen LogP contribution in [0.1, 0.15) is 24.2 Å². The third-order valence-corrected chi connectivity index (χ3v) is 2.37. The van der Waals surface area contributed by atoms with Gasteiger partial charge in [0, 0.05) is 6.54 Å². The summed E-state index contributed by atoms with van der Waals surface area (Å²) in [7, 11) is 1.52. The zero-order valence-electron chi connectivity index (χ0n) is 11.0. The van der Waals surface area contributed by atoms with Gasteiger partial charge in [-0.3, -0.25) is 4.79 Å². The number of carbonyl (C=O) groups excluding carboxylic acids is 1. The van der Waals surface area contributed by atoms with Crippen LogP contribution >= 0.6 is 0 Å². The Balaban J connectivity index is 2.56. The van der Waals surface area contributed by atoms with Crippen molar-refractivity contribution in [1.29, 1.82) is 0 Å². The Bertz CT molecular complexity index is 405. The van der Waals surface area contributed by atoms with Crippen molar-refractivity contribution in [2.45, 2.75) is 20.0 Å². The maximum Gasteiger partial charge on any atom is 0.253 e. The lowest BCUT2D eigenvalue weighted by molar-refractivity contribution is 0.0747. The standard InChI is InChI=1S/C13H20N2O3/c1-9(2)18-8-7-15-13(16)10-5-4-6-11(17-3)12(10)14/h4-6,9H,7-8,14H2,1-3H3,(H,15,16). The van der Waals surface area contributed by atoms with Gasteiger partial charge in [-0.15, -0.1) is 0 Å². The summed E-state index contributed by atoms with van der Waals surface area (Å²) in [5, 5.41) is 2.75. The molecule has 1 aromatic rings. The molecular weight excluding hydrogens is 232 g/mol. The van der Waals surface area contributed by atoms with Crippen LogP contribution in [0.3, 0.4) is 0 Å². The molecule has 0 unspecified atom stereocenters. The average molecular weight is 252 g/mol.